The number of rotatable bonds is 4. The molecule has 2 rings (SSSR count). The normalized spacial score (nSPS) is 11.6. The fraction of sp³-hybridized carbons (Fsp3) is 0.471. The Morgan fingerprint density at radius 1 is 1.15 bits per heavy atom. The summed E-state index contributed by atoms with van der Waals surface area (Å²) in [5.74, 6) is 0.180. The summed E-state index contributed by atoms with van der Waals surface area (Å²) in [6.07, 6.45) is 0. The van der Waals surface area contributed by atoms with E-state index in [2.05, 4.69) is 57.4 Å². The van der Waals surface area contributed by atoms with E-state index in [0.717, 1.165) is 11.2 Å². The number of amides is 1. The third-order valence-corrected chi connectivity index (χ3v) is 3.71. The Hall–Kier alpha value is -1.77. The first kappa shape index (κ1) is 14.6. The van der Waals surface area contributed by atoms with Gasteiger partial charge in [0.25, 0.3) is 0 Å². The molecule has 2 aromatic rings. The zero-order valence-corrected chi connectivity index (χ0v) is 13.1. The van der Waals surface area contributed by atoms with E-state index >= 15 is 0 Å². The number of carbonyl (C=O) groups is 1. The number of para-hydroxylation sites is 1. The number of aryl methyl sites for hydroxylation is 1. The van der Waals surface area contributed by atoms with Crippen molar-refractivity contribution in [1.82, 2.24) is 9.47 Å². The highest BCUT2D eigenvalue weighted by Crippen LogP contribution is 2.20. The molecule has 0 aliphatic heterocycles. The summed E-state index contributed by atoms with van der Waals surface area (Å²) in [5.41, 5.74) is 2.26. The summed E-state index contributed by atoms with van der Waals surface area (Å²) < 4.78 is 2.11. The molecule has 0 unspecified atom stereocenters. The highest BCUT2D eigenvalue weighted by molar-refractivity contribution is 5.84. The quantitative estimate of drug-likeness (QED) is 0.835. The molecular formula is C17H24N2O. The number of hydrogen-bond acceptors (Lipinski definition) is 1. The molecule has 20 heavy (non-hydrogen) atoms. The van der Waals surface area contributed by atoms with Crippen LogP contribution in [0.2, 0.25) is 0 Å². The monoisotopic (exact) mass is 272 g/mol. The standard InChI is InChI=1S/C17H24N2O/c1-12(2)19(13(3)4)17(20)11-18-14(5)10-15-8-6-7-9-16(15)18/h6-10,12-13H,11H2,1-5H3. The lowest BCUT2D eigenvalue weighted by molar-refractivity contribution is -0.135. The van der Waals surface area contributed by atoms with Gasteiger partial charge in [0.2, 0.25) is 5.91 Å². The third kappa shape index (κ3) is 2.72. The minimum atomic E-state index is 0.180. The number of fused-ring (bicyclic) bond motifs is 1. The van der Waals surface area contributed by atoms with Crippen molar-refractivity contribution in [3.8, 4) is 0 Å². The highest BCUT2D eigenvalue weighted by atomic mass is 16.2. The van der Waals surface area contributed by atoms with Gasteiger partial charge in [0.05, 0.1) is 0 Å². The SMILES string of the molecule is Cc1cc2ccccc2n1CC(=O)N(C(C)C)C(C)C. The molecule has 0 aliphatic rings. The third-order valence-electron chi connectivity index (χ3n) is 3.71. The molecule has 1 heterocycles. The average Bonchev–Trinajstić information content (AvgIpc) is 2.65. The molecule has 0 saturated heterocycles. The molecule has 1 aromatic heterocycles. The second kappa shape index (κ2) is 5.70. The minimum absolute atomic E-state index is 0.180. The molecule has 3 nitrogen and oxygen atoms in total. The van der Waals surface area contributed by atoms with Gasteiger partial charge >= 0.3 is 0 Å². The first-order valence-electron chi connectivity index (χ1n) is 7.28. The van der Waals surface area contributed by atoms with Crippen molar-refractivity contribution in [2.45, 2.75) is 53.2 Å². The summed E-state index contributed by atoms with van der Waals surface area (Å²) in [5, 5.41) is 1.19. The van der Waals surface area contributed by atoms with Crippen LogP contribution in [0.25, 0.3) is 10.9 Å². The van der Waals surface area contributed by atoms with Crippen molar-refractivity contribution in [3.05, 3.63) is 36.0 Å². The summed E-state index contributed by atoms with van der Waals surface area (Å²) in [6.45, 7) is 10.7. The zero-order chi connectivity index (χ0) is 14.9. The Balaban J connectivity index is 2.32. The van der Waals surface area contributed by atoms with E-state index in [0.29, 0.717) is 6.54 Å². The number of benzene rings is 1. The Bertz CT molecular complexity index is 602. The van der Waals surface area contributed by atoms with Crippen molar-refractivity contribution in [3.63, 3.8) is 0 Å². The summed E-state index contributed by atoms with van der Waals surface area (Å²) in [7, 11) is 0. The van der Waals surface area contributed by atoms with Gasteiger partial charge in [0.1, 0.15) is 6.54 Å². The molecule has 0 saturated carbocycles. The van der Waals surface area contributed by atoms with Crippen LogP contribution in [0, 0.1) is 6.92 Å². The van der Waals surface area contributed by atoms with Crippen LogP contribution >= 0.6 is 0 Å². The second-order valence-corrected chi connectivity index (χ2v) is 5.92. The van der Waals surface area contributed by atoms with Crippen molar-refractivity contribution in [1.29, 1.82) is 0 Å². The lowest BCUT2D eigenvalue weighted by Gasteiger charge is -2.31. The number of aromatic nitrogens is 1. The lowest BCUT2D eigenvalue weighted by Crippen LogP contribution is -2.43. The molecule has 1 amide bonds. The molecule has 1 aromatic carbocycles. The van der Waals surface area contributed by atoms with Crippen molar-refractivity contribution >= 4 is 16.8 Å². The van der Waals surface area contributed by atoms with Crippen molar-refractivity contribution < 1.29 is 4.79 Å². The highest BCUT2D eigenvalue weighted by Gasteiger charge is 2.21. The topological polar surface area (TPSA) is 25.2 Å². The van der Waals surface area contributed by atoms with Crippen molar-refractivity contribution in [2.24, 2.45) is 0 Å². The average molecular weight is 272 g/mol. The lowest BCUT2D eigenvalue weighted by atomic mass is 10.2. The van der Waals surface area contributed by atoms with E-state index < -0.39 is 0 Å². The van der Waals surface area contributed by atoms with Gasteiger partial charge < -0.3 is 9.47 Å². The van der Waals surface area contributed by atoms with Gasteiger partial charge in [-0.3, -0.25) is 4.79 Å². The Morgan fingerprint density at radius 2 is 1.75 bits per heavy atom. The fourth-order valence-corrected chi connectivity index (χ4v) is 2.95. The molecular weight excluding hydrogens is 248 g/mol. The maximum absolute atomic E-state index is 12.6. The molecule has 0 radical (unpaired) electrons. The summed E-state index contributed by atoms with van der Waals surface area (Å²) in [6, 6.07) is 10.8. The van der Waals surface area contributed by atoms with Crippen LogP contribution in [0.4, 0.5) is 0 Å². The van der Waals surface area contributed by atoms with E-state index in [1.807, 2.05) is 17.0 Å². The molecule has 3 heteroatoms. The van der Waals surface area contributed by atoms with E-state index in [9.17, 15) is 4.79 Å². The largest absolute Gasteiger partial charge is 0.336 e. The van der Waals surface area contributed by atoms with Crippen LogP contribution in [0.5, 0.6) is 0 Å². The van der Waals surface area contributed by atoms with Gasteiger partial charge in [-0.1, -0.05) is 18.2 Å². The van der Waals surface area contributed by atoms with Crippen LogP contribution in [0.3, 0.4) is 0 Å². The maximum Gasteiger partial charge on any atom is 0.242 e. The Morgan fingerprint density at radius 3 is 2.35 bits per heavy atom. The predicted octanol–water partition coefficient (Wildman–Crippen LogP) is 3.60. The number of nitrogens with zero attached hydrogens (tertiary/aromatic N) is 2. The Labute approximate surface area is 121 Å². The first-order valence-corrected chi connectivity index (χ1v) is 7.28. The molecule has 0 fully saturated rings. The van der Waals surface area contributed by atoms with Crippen molar-refractivity contribution in [2.75, 3.05) is 0 Å². The first-order chi connectivity index (χ1) is 9.41. The molecule has 0 atom stereocenters. The smallest absolute Gasteiger partial charge is 0.242 e. The maximum atomic E-state index is 12.6. The van der Waals surface area contributed by atoms with Crippen LogP contribution < -0.4 is 0 Å². The second-order valence-electron chi connectivity index (χ2n) is 5.92. The molecule has 0 spiro atoms. The zero-order valence-electron chi connectivity index (χ0n) is 13.1. The van der Waals surface area contributed by atoms with E-state index in [1.165, 1.54) is 5.39 Å². The molecule has 108 valence electrons. The fourth-order valence-electron chi connectivity index (χ4n) is 2.95. The summed E-state index contributed by atoms with van der Waals surface area (Å²) >= 11 is 0. The number of hydrogen-bond donors (Lipinski definition) is 0. The molecule has 0 bridgehead atoms. The van der Waals surface area contributed by atoms with Gasteiger partial charge in [0.15, 0.2) is 0 Å². The van der Waals surface area contributed by atoms with E-state index in [-0.39, 0.29) is 18.0 Å². The summed E-state index contributed by atoms with van der Waals surface area (Å²) in [4.78, 5) is 14.5. The van der Waals surface area contributed by atoms with Crippen LogP contribution in [0.15, 0.2) is 30.3 Å². The minimum Gasteiger partial charge on any atom is -0.336 e. The van der Waals surface area contributed by atoms with E-state index in [4.69, 9.17) is 0 Å². The van der Waals surface area contributed by atoms with Gasteiger partial charge in [-0.15, -0.1) is 0 Å². The molecule has 0 aliphatic carbocycles. The van der Waals surface area contributed by atoms with Gasteiger partial charge in [-0.2, -0.15) is 0 Å². The van der Waals surface area contributed by atoms with Crippen LogP contribution in [-0.4, -0.2) is 27.5 Å². The van der Waals surface area contributed by atoms with Gasteiger partial charge in [-0.25, -0.2) is 0 Å². The van der Waals surface area contributed by atoms with Gasteiger partial charge in [-0.05, 0) is 52.1 Å². The van der Waals surface area contributed by atoms with E-state index in [1.54, 1.807) is 0 Å². The van der Waals surface area contributed by atoms with Gasteiger partial charge in [0, 0.05) is 23.3 Å². The number of carbonyl (C=O) groups excluding carboxylic acids is 1. The van der Waals surface area contributed by atoms with Crippen LogP contribution in [0.1, 0.15) is 33.4 Å². The van der Waals surface area contributed by atoms with Crippen LogP contribution in [-0.2, 0) is 11.3 Å². The molecule has 0 N–H and O–H groups in total. The Kier molecular flexibility index (Phi) is 4.17. The predicted molar refractivity (Wildman–Crippen MR) is 83.8 cm³/mol.